The fraction of sp³-hybridized carbons (Fsp3) is 0.346. The first-order valence-corrected chi connectivity index (χ1v) is 26.8. The van der Waals surface area contributed by atoms with Crippen LogP contribution < -0.4 is 40.4 Å². The average Bonchev–Trinajstić information content (AvgIpc) is 3.27. The zero-order chi connectivity index (χ0) is 52.9. The number of carbonyl (C=O) groups is 4. The number of amides is 2. The molecule has 0 heterocycles. The first-order chi connectivity index (χ1) is 33.9. The monoisotopic (exact) mass is 1030 g/mol. The fourth-order valence-electron chi connectivity index (χ4n) is 6.55. The van der Waals surface area contributed by atoms with Crippen molar-refractivity contribution in [2.75, 3.05) is 22.1 Å². The van der Waals surface area contributed by atoms with Crippen molar-refractivity contribution in [3.63, 3.8) is 0 Å². The number of nitrogens with one attached hydrogen (secondary N) is 2. The summed E-state index contributed by atoms with van der Waals surface area (Å²) in [6.07, 6.45) is -2.36. The van der Waals surface area contributed by atoms with E-state index in [-0.39, 0.29) is 45.5 Å². The van der Waals surface area contributed by atoms with E-state index in [4.69, 9.17) is 56.3 Å². The van der Waals surface area contributed by atoms with E-state index in [2.05, 4.69) is 10.6 Å². The Morgan fingerprint density at radius 2 is 0.653 bits per heavy atom. The van der Waals surface area contributed by atoms with Crippen LogP contribution in [0, 0.1) is 0 Å². The minimum Gasteiger partial charge on any atom is -0.478 e. The van der Waals surface area contributed by atoms with Crippen molar-refractivity contribution in [1.82, 2.24) is 0 Å². The molecule has 386 valence electrons. The molecule has 0 aliphatic rings. The molecule has 5 rings (SSSR count). The van der Waals surface area contributed by atoms with Gasteiger partial charge in [-0.1, -0.05) is 0 Å². The summed E-state index contributed by atoms with van der Waals surface area (Å²) in [6.45, 7) is 21.7. The van der Waals surface area contributed by atoms with Crippen LogP contribution in [0.15, 0.2) is 109 Å². The molecule has 20 heteroatoms. The molecule has 18 nitrogen and oxygen atoms in total. The Morgan fingerprint density at radius 3 is 0.917 bits per heavy atom. The molecule has 0 fully saturated rings. The molecule has 72 heavy (non-hydrogen) atoms. The predicted molar refractivity (Wildman–Crippen MR) is 277 cm³/mol. The van der Waals surface area contributed by atoms with Crippen LogP contribution in [-0.4, -0.2) is 78.5 Å². The van der Waals surface area contributed by atoms with Gasteiger partial charge in [0.2, 0.25) is 0 Å². The zero-order valence-electron chi connectivity index (χ0n) is 42.7. The molecule has 0 aromatic heterocycles. The van der Waals surface area contributed by atoms with Crippen molar-refractivity contribution in [3.8, 4) is 23.0 Å². The third kappa shape index (κ3) is 16.7. The van der Waals surface area contributed by atoms with E-state index in [9.17, 15) is 19.2 Å². The highest BCUT2D eigenvalue weighted by Crippen LogP contribution is 2.35. The second kappa shape index (κ2) is 25.2. The van der Waals surface area contributed by atoms with Crippen LogP contribution in [0.2, 0.25) is 0 Å². The smallest absolute Gasteiger partial charge is 0.478 e. The van der Waals surface area contributed by atoms with E-state index in [1.165, 1.54) is 60.7 Å². The van der Waals surface area contributed by atoms with E-state index >= 15 is 0 Å². The molecule has 0 aliphatic heterocycles. The van der Waals surface area contributed by atoms with Gasteiger partial charge in [0.15, 0.2) is 0 Å². The molecular formula is C52H66N4O14Si2. The zero-order valence-corrected chi connectivity index (χ0v) is 44.7. The van der Waals surface area contributed by atoms with Gasteiger partial charge in [0.05, 0.1) is 22.5 Å². The number of anilines is 4. The van der Waals surface area contributed by atoms with E-state index in [0.29, 0.717) is 22.5 Å². The Hall–Kier alpha value is -6.63. The number of carbonyl (C=O) groups excluding carboxylic acids is 4. The van der Waals surface area contributed by atoms with Crippen molar-refractivity contribution in [2.24, 2.45) is 0 Å². The molecule has 0 spiro atoms. The Balaban J connectivity index is 1.41. The van der Waals surface area contributed by atoms with Gasteiger partial charge in [0, 0.05) is 59.1 Å². The highest BCUT2D eigenvalue weighted by Gasteiger charge is 2.53. The van der Waals surface area contributed by atoms with Gasteiger partial charge in [-0.15, -0.1) is 0 Å². The molecule has 6 N–H and O–H groups in total. The highest BCUT2D eigenvalue weighted by atomic mass is 28.4. The molecule has 0 unspecified atom stereocenters. The number of esters is 2. The van der Waals surface area contributed by atoms with Crippen LogP contribution in [-0.2, 0) is 26.6 Å². The maximum atomic E-state index is 13.8. The Labute approximate surface area is 423 Å². The summed E-state index contributed by atoms with van der Waals surface area (Å²) in [7, 11) is -8.06. The Bertz CT molecular complexity index is 2390. The standard InChI is InChI=1S/C52H66N4O14Si2/c1-31(2)63-71(64-32(3)4,65-33(5)6)69-47-29-39(17-27-45(47)55-49(57)37-13-19-41(53)20-14-37)51(59)61-43-23-25-44(26-24-43)62-52(60)40-18-28-46(56-50(58)38-15-21-42(54)22-16-38)48(30-40)70-72(66-34(7)8,67-35(9)10)68-36(11)12/h13-36H,53-54H2,1-12H3,(H,55,57)(H,56,58). The Kier molecular flexibility index (Phi) is 19.7. The van der Waals surface area contributed by atoms with Crippen molar-refractivity contribution in [1.29, 1.82) is 0 Å². The number of nitrogen functional groups attached to an aromatic ring is 2. The highest BCUT2D eigenvalue weighted by molar-refractivity contribution is 6.55. The first-order valence-electron chi connectivity index (χ1n) is 23.5. The van der Waals surface area contributed by atoms with Crippen LogP contribution in [0.25, 0.3) is 0 Å². The summed E-state index contributed by atoms with van der Waals surface area (Å²) < 4.78 is 61.9. The van der Waals surface area contributed by atoms with Gasteiger partial charge in [0.1, 0.15) is 23.0 Å². The lowest BCUT2D eigenvalue weighted by Crippen LogP contribution is -2.56. The number of benzene rings is 5. The van der Waals surface area contributed by atoms with Crippen LogP contribution in [0.4, 0.5) is 22.7 Å². The lowest BCUT2D eigenvalue weighted by molar-refractivity contribution is -0.0476. The molecule has 0 saturated heterocycles. The summed E-state index contributed by atoms with van der Waals surface area (Å²) in [6, 6.07) is 27.2. The van der Waals surface area contributed by atoms with Gasteiger partial charge in [-0.25, -0.2) is 9.59 Å². The van der Waals surface area contributed by atoms with Gasteiger partial charge in [0.25, 0.3) is 11.8 Å². The summed E-state index contributed by atoms with van der Waals surface area (Å²) in [4.78, 5) is 54.4. The maximum Gasteiger partial charge on any atom is 0.750 e. The number of rotatable bonds is 24. The van der Waals surface area contributed by atoms with E-state index in [1.54, 1.807) is 48.5 Å². The molecule has 0 radical (unpaired) electrons. The van der Waals surface area contributed by atoms with E-state index in [1.807, 2.05) is 83.1 Å². The second-order valence-electron chi connectivity index (χ2n) is 18.0. The fourth-order valence-corrected chi connectivity index (χ4v) is 11.5. The SMILES string of the molecule is CC(C)O[Si](Oc1cc(C(=O)Oc2ccc(OC(=O)c3ccc(NC(=O)c4ccc(N)cc4)c(O[Si](OC(C)C)(OC(C)C)OC(C)C)c3)cc2)ccc1NC(=O)c1ccc(N)cc1)(OC(C)C)OC(C)C. The van der Waals surface area contributed by atoms with Gasteiger partial charge >= 0.3 is 30.0 Å². The van der Waals surface area contributed by atoms with Crippen molar-refractivity contribution < 1.29 is 64.1 Å². The molecule has 5 aromatic carbocycles. The minimum absolute atomic E-state index is 0.0234. The maximum absolute atomic E-state index is 13.8. The third-order valence-corrected chi connectivity index (χ3v) is 14.8. The largest absolute Gasteiger partial charge is 0.750 e. The number of hydrogen-bond donors (Lipinski definition) is 4. The quantitative estimate of drug-likeness (QED) is 0.0195. The molecule has 5 aromatic rings. The van der Waals surface area contributed by atoms with Crippen LogP contribution in [0.1, 0.15) is 125 Å². The molecule has 0 bridgehead atoms. The summed E-state index contributed by atoms with van der Waals surface area (Å²) >= 11 is 0. The average molecular weight is 1030 g/mol. The van der Waals surface area contributed by atoms with E-state index < -0.39 is 78.5 Å². The molecular weight excluding hydrogens is 961 g/mol. The second-order valence-corrected chi connectivity index (χ2v) is 21.9. The van der Waals surface area contributed by atoms with Gasteiger partial charge < -0.3 is 67.0 Å². The van der Waals surface area contributed by atoms with E-state index in [0.717, 1.165) is 0 Å². The van der Waals surface area contributed by atoms with Crippen LogP contribution >= 0.6 is 0 Å². The summed E-state index contributed by atoms with van der Waals surface area (Å²) in [5.41, 5.74) is 13.8. The minimum atomic E-state index is -4.03. The van der Waals surface area contributed by atoms with Crippen molar-refractivity contribution >= 4 is 64.6 Å². The molecule has 2 amide bonds. The van der Waals surface area contributed by atoms with Gasteiger partial charge in [-0.3, -0.25) is 9.59 Å². The number of hydrogen-bond acceptors (Lipinski definition) is 16. The van der Waals surface area contributed by atoms with Crippen LogP contribution in [0.5, 0.6) is 23.0 Å². The topological polar surface area (TPSA) is 237 Å². The molecule has 0 aliphatic carbocycles. The normalized spacial score (nSPS) is 11.9. The Morgan fingerprint density at radius 1 is 0.389 bits per heavy atom. The van der Waals surface area contributed by atoms with Crippen molar-refractivity contribution in [3.05, 3.63) is 131 Å². The summed E-state index contributed by atoms with van der Waals surface area (Å²) in [5, 5.41) is 5.69. The molecule has 0 saturated carbocycles. The van der Waals surface area contributed by atoms with Crippen LogP contribution in [0.3, 0.4) is 0 Å². The molecule has 0 atom stereocenters. The summed E-state index contributed by atoms with van der Waals surface area (Å²) in [5.74, 6) is -2.25. The number of nitrogens with two attached hydrogens (primary N) is 2. The number of ether oxygens (including phenoxy) is 2. The van der Waals surface area contributed by atoms with Crippen molar-refractivity contribution in [2.45, 2.75) is 120 Å². The lowest BCUT2D eigenvalue weighted by atomic mass is 10.1. The first kappa shape index (κ1) is 56.3. The predicted octanol–water partition coefficient (Wildman–Crippen LogP) is 9.97. The third-order valence-electron chi connectivity index (χ3n) is 9.27. The lowest BCUT2D eigenvalue weighted by Gasteiger charge is -2.33. The van der Waals surface area contributed by atoms with Gasteiger partial charge in [-0.05, 0) is 192 Å². The van der Waals surface area contributed by atoms with Gasteiger partial charge in [-0.2, -0.15) is 0 Å².